The molecule has 0 bridgehead atoms. The first-order valence-corrected chi connectivity index (χ1v) is 6.57. The summed E-state index contributed by atoms with van der Waals surface area (Å²) >= 11 is 0. The van der Waals surface area contributed by atoms with Crippen LogP contribution in [0.4, 0.5) is 0 Å². The second kappa shape index (κ2) is 7.93. The molecule has 102 valence electrons. The molecule has 0 aromatic heterocycles. The van der Waals surface area contributed by atoms with Gasteiger partial charge in [0, 0.05) is 18.0 Å². The summed E-state index contributed by atoms with van der Waals surface area (Å²) in [6, 6.07) is 0. The lowest BCUT2D eigenvalue weighted by Gasteiger charge is -2.28. The van der Waals surface area contributed by atoms with E-state index in [0.29, 0.717) is 6.54 Å². The Kier molecular flexibility index (Phi) is 7.80. The van der Waals surface area contributed by atoms with Crippen molar-refractivity contribution in [1.29, 1.82) is 0 Å². The first-order valence-electron chi connectivity index (χ1n) is 6.57. The Balaban J connectivity index is 0.00000256. The largest absolute Gasteiger partial charge is 0.350 e. The van der Waals surface area contributed by atoms with Crippen molar-refractivity contribution < 1.29 is 4.79 Å². The average molecular weight is 263 g/mol. The monoisotopic (exact) mass is 262 g/mol. The highest BCUT2D eigenvalue weighted by Gasteiger charge is 2.24. The van der Waals surface area contributed by atoms with Gasteiger partial charge < -0.3 is 11.1 Å². The average Bonchev–Trinajstić information content (AvgIpc) is 2.16. The number of carbonyl (C=O) groups is 1. The van der Waals surface area contributed by atoms with Crippen LogP contribution in [-0.4, -0.2) is 18.0 Å². The molecule has 3 N–H and O–H groups in total. The van der Waals surface area contributed by atoms with Crippen molar-refractivity contribution >= 4 is 18.3 Å². The summed E-state index contributed by atoms with van der Waals surface area (Å²) < 4.78 is 0. The van der Waals surface area contributed by atoms with Crippen molar-refractivity contribution in [2.45, 2.75) is 64.3 Å². The van der Waals surface area contributed by atoms with Gasteiger partial charge in [0.1, 0.15) is 0 Å². The Morgan fingerprint density at radius 1 is 1.18 bits per heavy atom. The fraction of sp³-hybridized carbons (Fsp3) is 0.923. The molecule has 1 saturated carbocycles. The SMILES string of the molecule is CC(C)(CN)NC(=O)C1CCCCCCC1.Cl. The fourth-order valence-electron chi connectivity index (χ4n) is 2.20. The molecule has 1 amide bonds. The minimum Gasteiger partial charge on any atom is -0.350 e. The molecular weight excluding hydrogens is 236 g/mol. The summed E-state index contributed by atoms with van der Waals surface area (Å²) in [5.41, 5.74) is 5.36. The minimum atomic E-state index is -0.264. The van der Waals surface area contributed by atoms with Crippen LogP contribution < -0.4 is 11.1 Å². The normalized spacial score (nSPS) is 18.8. The van der Waals surface area contributed by atoms with Gasteiger partial charge in [-0.25, -0.2) is 0 Å². The summed E-state index contributed by atoms with van der Waals surface area (Å²) in [6.45, 7) is 4.45. The highest BCUT2D eigenvalue weighted by molar-refractivity contribution is 5.85. The molecule has 0 aromatic rings. The highest BCUT2D eigenvalue weighted by Crippen LogP contribution is 2.22. The molecule has 1 aliphatic carbocycles. The van der Waals surface area contributed by atoms with Gasteiger partial charge in [0.2, 0.25) is 5.91 Å². The van der Waals surface area contributed by atoms with Crippen LogP contribution in [0.3, 0.4) is 0 Å². The molecule has 0 heterocycles. The molecule has 1 rings (SSSR count). The molecule has 0 spiro atoms. The predicted molar refractivity (Wildman–Crippen MR) is 74.3 cm³/mol. The van der Waals surface area contributed by atoms with Crippen molar-refractivity contribution in [2.75, 3.05) is 6.54 Å². The van der Waals surface area contributed by atoms with Gasteiger partial charge in [0.25, 0.3) is 0 Å². The van der Waals surface area contributed by atoms with Crippen LogP contribution in [0, 0.1) is 5.92 Å². The third kappa shape index (κ3) is 6.27. The minimum absolute atomic E-state index is 0. The predicted octanol–water partition coefficient (Wildman–Crippen LogP) is 2.62. The van der Waals surface area contributed by atoms with E-state index in [1.165, 1.54) is 32.1 Å². The number of hydrogen-bond acceptors (Lipinski definition) is 2. The number of nitrogens with two attached hydrogens (primary N) is 1. The van der Waals surface area contributed by atoms with Gasteiger partial charge in [-0.05, 0) is 26.7 Å². The van der Waals surface area contributed by atoms with Crippen molar-refractivity contribution in [3.8, 4) is 0 Å². The number of amides is 1. The second-order valence-corrected chi connectivity index (χ2v) is 5.62. The molecule has 0 saturated heterocycles. The highest BCUT2D eigenvalue weighted by atomic mass is 35.5. The maximum absolute atomic E-state index is 12.1. The van der Waals surface area contributed by atoms with Crippen LogP contribution in [0.15, 0.2) is 0 Å². The van der Waals surface area contributed by atoms with Crippen LogP contribution in [0.5, 0.6) is 0 Å². The summed E-state index contributed by atoms with van der Waals surface area (Å²) in [6.07, 6.45) is 8.39. The number of hydrogen-bond donors (Lipinski definition) is 2. The molecule has 0 radical (unpaired) electrons. The van der Waals surface area contributed by atoms with Gasteiger partial charge in [-0.3, -0.25) is 4.79 Å². The van der Waals surface area contributed by atoms with Gasteiger partial charge in [0.15, 0.2) is 0 Å². The molecule has 0 atom stereocenters. The maximum atomic E-state index is 12.1. The number of carbonyl (C=O) groups excluding carboxylic acids is 1. The van der Waals surface area contributed by atoms with Gasteiger partial charge in [0.05, 0.1) is 0 Å². The van der Waals surface area contributed by atoms with Crippen LogP contribution in [0.25, 0.3) is 0 Å². The number of nitrogens with one attached hydrogen (secondary N) is 1. The molecule has 0 aliphatic heterocycles. The Bertz CT molecular complexity index is 223. The second-order valence-electron chi connectivity index (χ2n) is 5.62. The van der Waals surface area contributed by atoms with Crippen molar-refractivity contribution in [3.63, 3.8) is 0 Å². The number of rotatable bonds is 3. The van der Waals surface area contributed by atoms with E-state index in [2.05, 4.69) is 5.32 Å². The molecule has 4 heteroatoms. The molecular formula is C13H27ClN2O. The Morgan fingerprint density at radius 2 is 1.65 bits per heavy atom. The van der Waals surface area contributed by atoms with E-state index in [0.717, 1.165) is 12.8 Å². The fourth-order valence-corrected chi connectivity index (χ4v) is 2.20. The standard InChI is InChI=1S/C13H26N2O.ClH/c1-13(2,10-14)15-12(16)11-8-6-4-3-5-7-9-11;/h11H,3-10,14H2,1-2H3,(H,15,16);1H. The Labute approximate surface area is 111 Å². The quantitative estimate of drug-likeness (QED) is 0.822. The Morgan fingerprint density at radius 3 is 2.12 bits per heavy atom. The molecule has 0 aromatic carbocycles. The summed E-state index contributed by atoms with van der Waals surface area (Å²) in [7, 11) is 0. The van der Waals surface area contributed by atoms with Gasteiger partial charge in [-0.2, -0.15) is 0 Å². The van der Waals surface area contributed by atoms with Crippen molar-refractivity contribution in [3.05, 3.63) is 0 Å². The van der Waals surface area contributed by atoms with Crippen LogP contribution >= 0.6 is 12.4 Å². The van der Waals surface area contributed by atoms with E-state index in [1.807, 2.05) is 13.8 Å². The van der Waals surface area contributed by atoms with Crippen LogP contribution in [0.1, 0.15) is 58.8 Å². The Hall–Kier alpha value is -0.280. The third-order valence-corrected chi connectivity index (χ3v) is 3.45. The molecule has 1 fully saturated rings. The van der Waals surface area contributed by atoms with E-state index >= 15 is 0 Å². The maximum Gasteiger partial charge on any atom is 0.223 e. The molecule has 1 aliphatic rings. The zero-order valence-corrected chi connectivity index (χ0v) is 11.9. The zero-order valence-electron chi connectivity index (χ0n) is 11.1. The molecule has 3 nitrogen and oxygen atoms in total. The summed E-state index contributed by atoms with van der Waals surface area (Å²) in [5, 5.41) is 3.06. The summed E-state index contributed by atoms with van der Waals surface area (Å²) in [4.78, 5) is 12.1. The van der Waals surface area contributed by atoms with Gasteiger partial charge in [-0.15, -0.1) is 12.4 Å². The van der Waals surface area contributed by atoms with Crippen LogP contribution in [0.2, 0.25) is 0 Å². The van der Waals surface area contributed by atoms with Crippen LogP contribution in [-0.2, 0) is 4.79 Å². The summed E-state index contributed by atoms with van der Waals surface area (Å²) in [5.74, 6) is 0.420. The van der Waals surface area contributed by atoms with Gasteiger partial charge >= 0.3 is 0 Å². The lowest BCUT2D eigenvalue weighted by atomic mass is 9.90. The molecule has 17 heavy (non-hydrogen) atoms. The first kappa shape index (κ1) is 16.7. The lowest BCUT2D eigenvalue weighted by molar-refractivity contribution is -0.127. The smallest absolute Gasteiger partial charge is 0.223 e. The lowest BCUT2D eigenvalue weighted by Crippen LogP contribution is -2.50. The van der Waals surface area contributed by atoms with Gasteiger partial charge in [-0.1, -0.05) is 32.1 Å². The first-order chi connectivity index (χ1) is 7.55. The topological polar surface area (TPSA) is 55.1 Å². The zero-order chi connectivity index (χ0) is 12.0. The third-order valence-electron chi connectivity index (χ3n) is 3.45. The molecule has 0 unspecified atom stereocenters. The van der Waals surface area contributed by atoms with E-state index in [9.17, 15) is 4.79 Å². The van der Waals surface area contributed by atoms with E-state index in [-0.39, 0.29) is 29.8 Å². The van der Waals surface area contributed by atoms with Crippen molar-refractivity contribution in [2.24, 2.45) is 11.7 Å². The van der Waals surface area contributed by atoms with E-state index in [4.69, 9.17) is 5.73 Å². The van der Waals surface area contributed by atoms with E-state index in [1.54, 1.807) is 0 Å². The number of halogens is 1. The van der Waals surface area contributed by atoms with E-state index < -0.39 is 0 Å². The van der Waals surface area contributed by atoms with Crippen molar-refractivity contribution in [1.82, 2.24) is 5.32 Å².